The van der Waals surface area contributed by atoms with E-state index in [9.17, 15) is 8.42 Å². The van der Waals surface area contributed by atoms with Crippen LogP contribution >= 0.6 is 0 Å². The van der Waals surface area contributed by atoms with Gasteiger partial charge in [-0.15, -0.1) is 0 Å². The molecule has 2 unspecified atom stereocenters. The highest BCUT2D eigenvalue weighted by Crippen LogP contribution is 2.21. The van der Waals surface area contributed by atoms with Gasteiger partial charge in [0.1, 0.15) is 0 Å². The predicted molar refractivity (Wildman–Crippen MR) is 71.1 cm³/mol. The molecule has 0 spiro atoms. The fourth-order valence-electron chi connectivity index (χ4n) is 2.57. The van der Waals surface area contributed by atoms with E-state index in [0.717, 1.165) is 13.0 Å². The van der Waals surface area contributed by atoms with Crippen LogP contribution in [0, 0.1) is 0 Å². The molecule has 0 aliphatic carbocycles. The Labute approximate surface area is 115 Å². The molecule has 2 saturated heterocycles. The van der Waals surface area contributed by atoms with Crippen molar-refractivity contribution in [3.05, 3.63) is 0 Å². The first-order valence-electron chi connectivity index (χ1n) is 6.61. The van der Waals surface area contributed by atoms with Gasteiger partial charge in [-0.3, -0.25) is 0 Å². The summed E-state index contributed by atoms with van der Waals surface area (Å²) in [5.41, 5.74) is 0. The standard InChI is InChI=1S/C11H23N3O4S/c1-17-10-8-14(9-11(10)18-2)19(15,16)13-6-3-4-12-5-7-13/h10-12H,3-9H2,1-2H3. The van der Waals surface area contributed by atoms with Gasteiger partial charge in [-0.25, -0.2) is 0 Å². The molecule has 2 atom stereocenters. The Bertz CT molecular complexity index is 369. The quantitative estimate of drug-likeness (QED) is 0.710. The highest BCUT2D eigenvalue weighted by Gasteiger charge is 2.41. The molecule has 0 aromatic carbocycles. The normalized spacial score (nSPS) is 31.5. The van der Waals surface area contributed by atoms with E-state index >= 15 is 0 Å². The fourth-order valence-corrected chi connectivity index (χ4v) is 4.25. The highest BCUT2D eigenvalue weighted by atomic mass is 32.2. The maximum atomic E-state index is 12.6. The first-order chi connectivity index (χ1) is 9.09. The van der Waals surface area contributed by atoms with Crippen molar-refractivity contribution in [1.29, 1.82) is 0 Å². The molecular weight excluding hydrogens is 270 g/mol. The van der Waals surface area contributed by atoms with Gasteiger partial charge in [-0.1, -0.05) is 0 Å². The lowest BCUT2D eigenvalue weighted by atomic mass is 10.3. The van der Waals surface area contributed by atoms with Crippen LogP contribution in [0.15, 0.2) is 0 Å². The van der Waals surface area contributed by atoms with Gasteiger partial charge in [-0.05, 0) is 13.0 Å². The van der Waals surface area contributed by atoms with Gasteiger partial charge in [0, 0.05) is 46.9 Å². The van der Waals surface area contributed by atoms with Crippen molar-refractivity contribution in [2.75, 3.05) is 53.5 Å². The monoisotopic (exact) mass is 293 g/mol. The number of nitrogens with one attached hydrogen (secondary N) is 1. The molecule has 2 rings (SSSR count). The van der Waals surface area contributed by atoms with Crippen LogP contribution in [-0.4, -0.2) is 82.7 Å². The molecule has 0 amide bonds. The first-order valence-corrected chi connectivity index (χ1v) is 8.01. The van der Waals surface area contributed by atoms with E-state index in [1.165, 1.54) is 4.31 Å². The molecule has 0 aromatic rings. The number of nitrogens with zero attached hydrogens (tertiary/aromatic N) is 2. The smallest absolute Gasteiger partial charge is 0.282 e. The minimum absolute atomic E-state index is 0.190. The van der Waals surface area contributed by atoms with Crippen molar-refractivity contribution in [3.8, 4) is 0 Å². The van der Waals surface area contributed by atoms with Crippen molar-refractivity contribution in [2.24, 2.45) is 0 Å². The second-order valence-corrected chi connectivity index (χ2v) is 6.80. The Hall–Kier alpha value is -0.250. The zero-order valence-electron chi connectivity index (χ0n) is 11.5. The molecule has 2 fully saturated rings. The fraction of sp³-hybridized carbons (Fsp3) is 1.00. The lowest BCUT2D eigenvalue weighted by Gasteiger charge is -2.25. The lowest BCUT2D eigenvalue weighted by Crippen LogP contribution is -2.44. The Morgan fingerprint density at radius 1 is 1.00 bits per heavy atom. The third kappa shape index (κ3) is 3.26. The summed E-state index contributed by atoms with van der Waals surface area (Å²) >= 11 is 0. The topological polar surface area (TPSA) is 71.1 Å². The molecule has 8 heteroatoms. The van der Waals surface area contributed by atoms with Crippen molar-refractivity contribution >= 4 is 10.2 Å². The summed E-state index contributed by atoms with van der Waals surface area (Å²) in [6.45, 7) is 3.39. The van der Waals surface area contributed by atoms with Gasteiger partial charge in [0.15, 0.2) is 0 Å². The second kappa shape index (κ2) is 6.47. The number of methoxy groups -OCH3 is 2. The van der Waals surface area contributed by atoms with E-state index in [1.54, 1.807) is 18.5 Å². The number of hydrogen-bond donors (Lipinski definition) is 1. The first kappa shape index (κ1) is 15.1. The number of rotatable bonds is 4. The lowest BCUT2D eigenvalue weighted by molar-refractivity contribution is -0.00461. The molecule has 112 valence electrons. The Morgan fingerprint density at radius 3 is 2.21 bits per heavy atom. The van der Waals surface area contributed by atoms with Gasteiger partial charge in [-0.2, -0.15) is 17.0 Å². The number of ether oxygens (including phenoxy) is 2. The van der Waals surface area contributed by atoms with Gasteiger partial charge in [0.2, 0.25) is 0 Å². The van der Waals surface area contributed by atoms with E-state index < -0.39 is 10.2 Å². The predicted octanol–water partition coefficient (Wildman–Crippen LogP) is -1.13. The summed E-state index contributed by atoms with van der Waals surface area (Å²) in [6, 6.07) is 0. The van der Waals surface area contributed by atoms with Crippen LogP contribution in [-0.2, 0) is 19.7 Å². The van der Waals surface area contributed by atoms with Crippen molar-refractivity contribution < 1.29 is 17.9 Å². The third-order valence-electron chi connectivity index (χ3n) is 3.74. The van der Waals surface area contributed by atoms with Crippen LogP contribution in [0.1, 0.15) is 6.42 Å². The van der Waals surface area contributed by atoms with E-state index in [1.807, 2.05) is 0 Å². The van der Waals surface area contributed by atoms with E-state index in [2.05, 4.69) is 5.32 Å². The van der Waals surface area contributed by atoms with E-state index in [4.69, 9.17) is 9.47 Å². The highest BCUT2D eigenvalue weighted by molar-refractivity contribution is 7.86. The van der Waals surface area contributed by atoms with Gasteiger partial charge >= 0.3 is 0 Å². The molecule has 0 bridgehead atoms. The van der Waals surface area contributed by atoms with Crippen molar-refractivity contribution in [3.63, 3.8) is 0 Å². The summed E-state index contributed by atoms with van der Waals surface area (Å²) in [5, 5.41) is 3.21. The summed E-state index contributed by atoms with van der Waals surface area (Å²) in [6.07, 6.45) is 0.462. The van der Waals surface area contributed by atoms with Crippen LogP contribution < -0.4 is 5.32 Å². The maximum absolute atomic E-state index is 12.6. The Kier molecular flexibility index (Phi) is 5.15. The Balaban J connectivity index is 2.07. The molecule has 7 nitrogen and oxygen atoms in total. The second-order valence-electron chi connectivity index (χ2n) is 4.88. The molecule has 1 N–H and O–H groups in total. The van der Waals surface area contributed by atoms with E-state index in [0.29, 0.717) is 32.7 Å². The van der Waals surface area contributed by atoms with E-state index in [-0.39, 0.29) is 12.2 Å². The van der Waals surface area contributed by atoms with Crippen molar-refractivity contribution in [1.82, 2.24) is 13.9 Å². The average molecular weight is 293 g/mol. The summed E-state index contributed by atoms with van der Waals surface area (Å²) < 4.78 is 38.8. The molecule has 2 heterocycles. The minimum atomic E-state index is -3.40. The molecule has 0 saturated carbocycles. The van der Waals surface area contributed by atoms with Crippen LogP contribution in [0.25, 0.3) is 0 Å². The van der Waals surface area contributed by atoms with Gasteiger partial charge in [0.05, 0.1) is 12.2 Å². The largest absolute Gasteiger partial charge is 0.377 e. The zero-order valence-corrected chi connectivity index (χ0v) is 12.4. The molecule has 0 aromatic heterocycles. The minimum Gasteiger partial charge on any atom is -0.377 e. The molecule has 2 aliphatic rings. The van der Waals surface area contributed by atoms with Crippen molar-refractivity contribution in [2.45, 2.75) is 18.6 Å². The summed E-state index contributed by atoms with van der Waals surface area (Å²) in [7, 11) is -0.232. The summed E-state index contributed by atoms with van der Waals surface area (Å²) in [5.74, 6) is 0. The van der Waals surface area contributed by atoms with Crippen LogP contribution in [0.2, 0.25) is 0 Å². The Morgan fingerprint density at radius 2 is 1.63 bits per heavy atom. The van der Waals surface area contributed by atoms with Crippen LogP contribution in [0.5, 0.6) is 0 Å². The molecular formula is C11H23N3O4S. The van der Waals surface area contributed by atoms with Gasteiger partial charge < -0.3 is 14.8 Å². The molecule has 2 aliphatic heterocycles. The summed E-state index contributed by atoms with van der Waals surface area (Å²) in [4.78, 5) is 0. The molecule has 0 radical (unpaired) electrons. The van der Waals surface area contributed by atoms with Gasteiger partial charge in [0.25, 0.3) is 10.2 Å². The number of hydrogen-bond acceptors (Lipinski definition) is 5. The maximum Gasteiger partial charge on any atom is 0.282 e. The zero-order chi connectivity index (χ0) is 13.9. The molecule has 19 heavy (non-hydrogen) atoms. The van der Waals surface area contributed by atoms with Crippen LogP contribution in [0.3, 0.4) is 0 Å². The average Bonchev–Trinajstić information content (AvgIpc) is 2.63. The third-order valence-corrected chi connectivity index (χ3v) is 5.71. The van der Waals surface area contributed by atoms with Crippen LogP contribution in [0.4, 0.5) is 0 Å². The SMILES string of the molecule is COC1CN(S(=O)(=O)N2CCCNCC2)CC1OC.